The Bertz CT molecular complexity index is 683. The highest BCUT2D eigenvalue weighted by molar-refractivity contribution is 9.11. The van der Waals surface area contributed by atoms with Crippen molar-refractivity contribution in [1.82, 2.24) is 4.98 Å². The van der Waals surface area contributed by atoms with E-state index in [1.54, 1.807) is 11.3 Å². The SMILES string of the molecule is O=C(Cc1nc2ccccc2s1)c1ccc(Br)s1. The summed E-state index contributed by atoms with van der Waals surface area (Å²) in [4.78, 5) is 17.3. The molecule has 18 heavy (non-hydrogen) atoms. The normalized spacial score (nSPS) is 10.9. The van der Waals surface area contributed by atoms with Gasteiger partial charge in [-0.15, -0.1) is 22.7 Å². The van der Waals surface area contributed by atoms with Crippen molar-refractivity contribution < 1.29 is 4.79 Å². The minimum atomic E-state index is 0.129. The zero-order chi connectivity index (χ0) is 12.5. The van der Waals surface area contributed by atoms with E-state index in [4.69, 9.17) is 0 Å². The van der Waals surface area contributed by atoms with Gasteiger partial charge in [-0.3, -0.25) is 4.79 Å². The smallest absolute Gasteiger partial charge is 0.179 e. The maximum absolute atomic E-state index is 12.1. The minimum Gasteiger partial charge on any atom is -0.293 e. The Morgan fingerprint density at radius 2 is 2.00 bits per heavy atom. The van der Waals surface area contributed by atoms with Gasteiger partial charge < -0.3 is 0 Å². The number of fused-ring (bicyclic) bond motifs is 1. The maximum Gasteiger partial charge on any atom is 0.179 e. The number of halogens is 1. The van der Waals surface area contributed by atoms with Crippen LogP contribution in [0.15, 0.2) is 40.2 Å². The van der Waals surface area contributed by atoms with E-state index >= 15 is 0 Å². The van der Waals surface area contributed by atoms with E-state index in [2.05, 4.69) is 20.9 Å². The number of carbonyl (C=O) groups is 1. The van der Waals surface area contributed by atoms with Crippen molar-refractivity contribution in [2.75, 3.05) is 0 Å². The Morgan fingerprint density at radius 1 is 1.17 bits per heavy atom. The summed E-state index contributed by atoms with van der Waals surface area (Å²) in [6.45, 7) is 0. The number of thiophene rings is 1. The summed E-state index contributed by atoms with van der Waals surface area (Å²) >= 11 is 6.42. The lowest BCUT2D eigenvalue weighted by Crippen LogP contribution is -2.00. The van der Waals surface area contributed by atoms with E-state index in [-0.39, 0.29) is 5.78 Å². The molecule has 0 atom stereocenters. The van der Waals surface area contributed by atoms with Gasteiger partial charge in [0.2, 0.25) is 0 Å². The quantitative estimate of drug-likeness (QED) is 0.656. The molecule has 0 fully saturated rings. The highest BCUT2D eigenvalue weighted by atomic mass is 79.9. The Labute approximate surface area is 120 Å². The predicted molar refractivity (Wildman–Crippen MR) is 79.7 cm³/mol. The number of nitrogens with zero attached hydrogens (tertiary/aromatic N) is 1. The number of hydrogen-bond acceptors (Lipinski definition) is 4. The van der Waals surface area contributed by atoms with Gasteiger partial charge in [-0.25, -0.2) is 4.98 Å². The van der Waals surface area contributed by atoms with Gasteiger partial charge in [0.1, 0.15) is 5.01 Å². The van der Waals surface area contributed by atoms with E-state index in [0.29, 0.717) is 6.42 Å². The van der Waals surface area contributed by atoms with Crippen molar-refractivity contribution in [1.29, 1.82) is 0 Å². The van der Waals surface area contributed by atoms with Gasteiger partial charge in [0.25, 0.3) is 0 Å². The molecule has 3 rings (SSSR count). The monoisotopic (exact) mass is 337 g/mol. The van der Waals surface area contributed by atoms with Crippen LogP contribution < -0.4 is 0 Å². The molecule has 0 saturated heterocycles. The minimum absolute atomic E-state index is 0.129. The second kappa shape index (κ2) is 4.91. The summed E-state index contributed by atoms with van der Waals surface area (Å²) in [5, 5.41) is 0.880. The van der Waals surface area contributed by atoms with Crippen LogP contribution >= 0.6 is 38.6 Å². The lowest BCUT2D eigenvalue weighted by Gasteiger charge is -1.92. The molecule has 0 unspecified atom stereocenters. The lowest BCUT2D eigenvalue weighted by molar-refractivity contribution is 0.0997. The number of Topliss-reactive ketones (excluding diaryl/α,β-unsaturated/α-hetero) is 1. The van der Waals surface area contributed by atoms with E-state index in [1.807, 2.05) is 36.4 Å². The molecule has 5 heteroatoms. The summed E-state index contributed by atoms with van der Waals surface area (Å²) in [6, 6.07) is 11.7. The van der Waals surface area contributed by atoms with Crippen LogP contribution in [-0.2, 0) is 6.42 Å². The van der Waals surface area contributed by atoms with E-state index in [9.17, 15) is 4.79 Å². The number of aromatic nitrogens is 1. The molecule has 0 saturated carbocycles. The summed E-state index contributed by atoms with van der Waals surface area (Å²) in [5.74, 6) is 0.129. The fourth-order valence-corrected chi connectivity index (χ4v) is 3.97. The third-order valence-corrected chi connectivity index (χ3v) is 5.20. The molecule has 0 N–H and O–H groups in total. The highest BCUT2D eigenvalue weighted by Crippen LogP contribution is 2.26. The van der Waals surface area contributed by atoms with Crippen LogP contribution in [0.25, 0.3) is 10.2 Å². The molecule has 90 valence electrons. The molecule has 2 heterocycles. The molecule has 0 aliphatic heterocycles. The molecular formula is C13H8BrNOS2. The second-order valence-corrected chi connectivity index (χ2v) is 7.36. The van der Waals surface area contributed by atoms with E-state index < -0.39 is 0 Å². The van der Waals surface area contributed by atoms with Crippen molar-refractivity contribution in [3.63, 3.8) is 0 Å². The van der Waals surface area contributed by atoms with Crippen LogP contribution in [-0.4, -0.2) is 10.8 Å². The van der Waals surface area contributed by atoms with Crippen molar-refractivity contribution >= 4 is 54.6 Å². The molecule has 2 aromatic heterocycles. The lowest BCUT2D eigenvalue weighted by atomic mass is 10.2. The largest absolute Gasteiger partial charge is 0.293 e. The molecular weight excluding hydrogens is 330 g/mol. The fourth-order valence-electron chi connectivity index (χ4n) is 1.68. The third kappa shape index (κ3) is 2.39. The molecule has 0 aliphatic rings. The van der Waals surface area contributed by atoms with Crippen LogP contribution in [0.4, 0.5) is 0 Å². The van der Waals surface area contributed by atoms with Crippen molar-refractivity contribution in [2.24, 2.45) is 0 Å². The standard InChI is InChI=1S/C13H8BrNOS2/c14-12-6-5-11(17-12)9(16)7-13-15-8-3-1-2-4-10(8)18-13/h1-6H,7H2. The first-order valence-electron chi connectivity index (χ1n) is 5.35. The zero-order valence-corrected chi connectivity index (χ0v) is 12.4. The van der Waals surface area contributed by atoms with Gasteiger partial charge in [0, 0.05) is 0 Å². The molecule has 1 aromatic carbocycles. The average Bonchev–Trinajstić information content (AvgIpc) is 2.94. The number of carbonyl (C=O) groups excluding carboxylic acids is 1. The first kappa shape index (κ1) is 12.0. The van der Waals surface area contributed by atoms with Crippen molar-refractivity contribution in [3.05, 3.63) is 50.1 Å². The number of thiazole rings is 1. The van der Waals surface area contributed by atoms with Crippen LogP contribution in [0.3, 0.4) is 0 Å². The third-order valence-electron chi connectivity index (χ3n) is 2.50. The van der Waals surface area contributed by atoms with Crippen molar-refractivity contribution in [3.8, 4) is 0 Å². The predicted octanol–water partition coefficient (Wildman–Crippen LogP) is 4.55. The molecule has 0 bridgehead atoms. The van der Waals surface area contributed by atoms with Crippen molar-refractivity contribution in [2.45, 2.75) is 6.42 Å². The molecule has 0 amide bonds. The Kier molecular flexibility index (Phi) is 3.28. The van der Waals surface area contributed by atoms with Gasteiger partial charge in [-0.2, -0.15) is 0 Å². The maximum atomic E-state index is 12.1. The zero-order valence-electron chi connectivity index (χ0n) is 9.22. The van der Waals surface area contributed by atoms with Crippen LogP contribution in [0.2, 0.25) is 0 Å². The van der Waals surface area contributed by atoms with E-state index in [1.165, 1.54) is 11.3 Å². The fraction of sp³-hybridized carbons (Fsp3) is 0.0769. The Hall–Kier alpha value is -1.04. The summed E-state index contributed by atoms with van der Waals surface area (Å²) in [7, 11) is 0. The summed E-state index contributed by atoms with van der Waals surface area (Å²) in [6.07, 6.45) is 0.381. The number of hydrogen-bond donors (Lipinski definition) is 0. The van der Waals surface area contributed by atoms with Crippen LogP contribution in [0, 0.1) is 0 Å². The van der Waals surface area contributed by atoms with Gasteiger partial charge in [0.05, 0.1) is 25.3 Å². The molecule has 0 spiro atoms. The summed E-state index contributed by atoms with van der Waals surface area (Å²) in [5.41, 5.74) is 0.970. The molecule has 3 aromatic rings. The topological polar surface area (TPSA) is 30.0 Å². The molecule has 0 aliphatic carbocycles. The van der Waals surface area contributed by atoms with Gasteiger partial charge in [0.15, 0.2) is 5.78 Å². The summed E-state index contributed by atoms with van der Waals surface area (Å²) < 4.78 is 2.11. The Balaban J connectivity index is 1.86. The highest BCUT2D eigenvalue weighted by Gasteiger charge is 2.12. The van der Waals surface area contributed by atoms with Gasteiger partial charge in [-0.1, -0.05) is 12.1 Å². The first-order chi connectivity index (χ1) is 8.72. The average molecular weight is 338 g/mol. The van der Waals surface area contributed by atoms with Crippen LogP contribution in [0.5, 0.6) is 0 Å². The number of benzene rings is 1. The number of ketones is 1. The van der Waals surface area contributed by atoms with Gasteiger partial charge in [-0.05, 0) is 40.2 Å². The van der Waals surface area contributed by atoms with Crippen LogP contribution in [0.1, 0.15) is 14.7 Å². The second-order valence-electron chi connectivity index (χ2n) is 3.78. The molecule has 0 radical (unpaired) electrons. The van der Waals surface area contributed by atoms with Gasteiger partial charge >= 0.3 is 0 Å². The number of para-hydroxylation sites is 1. The molecule has 2 nitrogen and oxygen atoms in total. The van der Waals surface area contributed by atoms with E-state index in [0.717, 1.165) is 23.9 Å². The Morgan fingerprint density at radius 3 is 2.72 bits per heavy atom. The number of rotatable bonds is 3. The first-order valence-corrected chi connectivity index (χ1v) is 7.78.